The number of fused-ring (bicyclic) bond motifs is 1. The smallest absolute Gasteiger partial charge is 0.237 e. The number of pyridine rings is 1. The van der Waals surface area contributed by atoms with Gasteiger partial charge in [0.25, 0.3) is 0 Å². The molecule has 1 aliphatic rings. The third kappa shape index (κ3) is 9.48. The highest BCUT2D eigenvalue weighted by Gasteiger charge is 2.20. The number of methoxy groups -OCH3 is 1. The van der Waals surface area contributed by atoms with Crippen LogP contribution in [0.5, 0.6) is 5.88 Å². The van der Waals surface area contributed by atoms with Crippen molar-refractivity contribution in [1.82, 2.24) is 15.3 Å². The van der Waals surface area contributed by atoms with E-state index in [2.05, 4.69) is 30.6 Å². The quantitative estimate of drug-likeness (QED) is 0.0685. The molecule has 0 bridgehead atoms. The number of nitrogens with one attached hydrogen (secondary N) is 3. The van der Waals surface area contributed by atoms with Gasteiger partial charge in [-0.15, -0.1) is 0 Å². The molecule has 2 aromatic heterocycles. The summed E-state index contributed by atoms with van der Waals surface area (Å²) < 4.78 is 20.5. The van der Waals surface area contributed by atoms with Crippen molar-refractivity contribution in [2.45, 2.75) is 57.6 Å². The number of nitrogens with two attached hydrogens (primary N) is 3. The predicted molar refractivity (Wildman–Crippen MR) is 193 cm³/mol. The molecule has 0 fully saturated rings. The molecular weight excluding hydrogens is 647 g/mol. The lowest BCUT2D eigenvalue weighted by atomic mass is 10.0. The number of aromatic amines is 1. The van der Waals surface area contributed by atoms with Crippen LogP contribution in [-0.2, 0) is 13.0 Å². The number of H-pyrrole nitrogens is 1. The number of aliphatic imine (C=N–C) groups is 1. The number of aryl methyl sites for hydroxylation is 1. The maximum Gasteiger partial charge on any atom is 0.237 e. The van der Waals surface area contributed by atoms with Gasteiger partial charge in [-0.25, -0.2) is 14.4 Å². The van der Waals surface area contributed by atoms with Crippen LogP contribution in [-0.4, -0.2) is 59.7 Å². The minimum absolute atomic E-state index is 0.0278. The molecule has 0 amide bonds. The molecule has 3 atom stereocenters. The molecule has 0 saturated heterocycles. The topological polar surface area (TPSA) is 188 Å². The van der Waals surface area contributed by atoms with Gasteiger partial charge in [0.15, 0.2) is 11.8 Å². The molecule has 260 valence electrons. The first-order valence-electron chi connectivity index (χ1n) is 16.2. The van der Waals surface area contributed by atoms with Crippen LogP contribution in [0.4, 0.5) is 15.8 Å². The molecule has 12 nitrogen and oxygen atoms in total. The number of ether oxygens (including phenoxy) is 1. The molecule has 14 heteroatoms. The van der Waals surface area contributed by atoms with Gasteiger partial charge in [0.1, 0.15) is 5.49 Å². The summed E-state index contributed by atoms with van der Waals surface area (Å²) in [5, 5.41) is 18.7. The van der Waals surface area contributed by atoms with Crippen LogP contribution in [0.3, 0.4) is 0 Å². The lowest BCUT2D eigenvalue weighted by Crippen LogP contribution is -2.41. The van der Waals surface area contributed by atoms with Crippen LogP contribution in [0, 0.1) is 5.82 Å². The summed E-state index contributed by atoms with van der Waals surface area (Å²) in [7, 11) is 1.58. The van der Waals surface area contributed by atoms with E-state index in [-0.39, 0.29) is 23.1 Å². The van der Waals surface area contributed by atoms with Crippen molar-refractivity contribution in [1.29, 1.82) is 0 Å². The SMILES string of the molecule is COc1ncccc1NC[C@@H](CCN=C(N)N)NCc1ccc(N2C=c3cc(-c4cc(CCC[C@H](C)N)cc(Cl)c4F)[nH]c3=NC2O)cc1. The summed E-state index contributed by atoms with van der Waals surface area (Å²) in [5.74, 6) is 0.0584. The summed E-state index contributed by atoms with van der Waals surface area (Å²) in [6, 6.07) is 17.0. The zero-order valence-corrected chi connectivity index (χ0v) is 28.4. The second kappa shape index (κ2) is 16.6. The lowest BCUT2D eigenvalue weighted by molar-refractivity contribution is 0.186. The van der Waals surface area contributed by atoms with Crippen molar-refractivity contribution >= 4 is 35.1 Å². The normalized spacial score (nSPS) is 15.1. The Kier molecular flexibility index (Phi) is 12.1. The molecule has 0 saturated carbocycles. The van der Waals surface area contributed by atoms with Gasteiger partial charge >= 0.3 is 0 Å². The van der Waals surface area contributed by atoms with Crippen LogP contribution in [0.15, 0.2) is 70.8 Å². The van der Waals surface area contributed by atoms with Crippen LogP contribution in [0.25, 0.3) is 17.5 Å². The van der Waals surface area contributed by atoms with Crippen LogP contribution >= 0.6 is 11.6 Å². The molecule has 2 aromatic carbocycles. The largest absolute Gasteiger partial charge is 0.480 e. The molecule has 49 heavy (non-hydrogen) atoms. The van der Waals surface area contributed by atoms with E-state index < -0.39 is 12.2 Å². The number of aromatic nitrogens is 2. The lowest BCUT2D eigenvalue weighted by Gasteiger charge is -2.25. The Balaban J connectivity index is 1.27. The van der Waals surface area contributed by atoms with Gasteiger partial charge < -0.3 is 47.6 Å². The molecule has 1 unspecified atom stereocenters. The number of aliphatic hydroxyl groups excluding tert-OH is 1. The molecule has 5 rings (SSSR count). The Morgan fingerprint density at radius 3 is 2.69 bits per heavy atom. The Hall–Kier alpha value is -4.69. The summed E-state index contributed by atoms with van der Waals surface area (Å²) in [6.45, 7) is 3.61. The molecule has 10 N–H and O–H groups in total. The van der Waals surface area contributed by atoms with E-state index >= 15 is 4.39 Å². The van der Waals surface area contributed by atoms with Gasteiger partial charge in [-0.3, -0.25) is 4.99 Å². The number of rotatable bonds is 16. The van der Waals surface area contributed by atoms with Crippen molar-refractivity contribution in [3.05, 3.63) is 93.5 Å². The number of benzene rings is 2. The zero-order valence-electron chi connectivity index (χ0n) is 27.7. The Bertz CT molecular complexity index is 1860. The standard InChI is InChI=1S/C35H44ClFN10O2/c1-21(38)5-3-6-23-15-27(31(37)28(36)16-23)30-17-24-20-47(35(48)46-32(24)45-30)26-10-8-22(9-11-26)18-43-25(12-14-42-34(39)40)19-44-29-7-4-13-41-33(29)49-2/h4,7-11,13,15-17,20-21,25,35,43-44,48H,3,5-6,12,14,18-19,38H2,1-2H3,(H,45,46)(H4,39,40,42)/t21-,25+,35?/m0/s1. The molecule has 0 aliphatic carbocycles. The average molecular weight is 691 g/mol. The van der Waals surface area contributed by atoms with E-state index in [1.54, 1.807) is 36.5 Å². The summed E-state index contributed by atoms with van der Waals surface area (Å²) >= 11 is 6.28. The molecule has 0 spiro atoms. The molecule has 0 radical (unpaired) electrons. The summed E-state index contributed by atoms with van der Waals surface area (Å²) in [4.78, 5) is 17.6. The second-order valence-electron chi connectivity index (χ2n) is 12.1. The highest BCUT2D eigenvalue weighted by molar-refractivity contribution is 6.31. The molecule has 4 aromatic rings. The second-order valence-corrected chi connectivity index (χ2v) is 12.5. The Labute approximate surface area is 289 Å². The number of nitrogens with zero attached hydrogens (tertiary/aromatic N) is 4. The van der Waals surface area contributed by atoms with E-state index in [1.165, 1.54) is 0 Å². The fourth-order valence-corrected chi connectivity index (χ4v) is 5.86. The van der Waals surface area contributed by atoms with Crippen molar-refractivity contribution in [3.63, 3.8) is 0 Å². The van der Waals surface area contributed by atoms with E-state index in [9.17, 15) is 5.11 Å². The summed E-state index contributed by atoms with van der Waals surface area (Å²) in [6.07, 6.45) is 5.47. The number of hydrogen-bond acceptors (Lipinski definition) is 9. The van der Waals surface area contributed by atoms with E-state index in [4.69, 9.17) is 33.5 Å². The number of anilines is 2. The first-order valence-corrected chi connectivity index (χ1v) is 16.6. The number of hydrogen-bond donors (Lipinski definition) is 7. The van der Waals surface area contributed by atoms with Gasteiger partial charge in [0.05, 0.1) is 23.5 Å². The average Bonchev–Trinajstić information content (AvgIpc) is 3.49. The minimum atomic E-state index is -1.17. The molecule has 1 aliphatic heterocycles. The highest BCUT2D eigenvalue weighted by Crippen LogP contribution is 2.29. The Morgan fingerprint density at radius 1 is 1.16 bits per heavy atom. The van der Waals surface area contributed by atoms with Crippen molar-refractivity contribution < 1.29 is 14.2 Å². The van der Waals surface area contributed by atoms with Crippen LogP contribution in [0.1, 0.15) is 37.3 Å². The zero-order chi connectivity index (χ0) is 34.9. The van der Waals surface area contributed by atoms with E-state index in [1.807, 2.05) is 49.4 Å². The number of aliphatic hydroxyl groups is 1. The molecule has 3 heterocycles. The maximum atomic E-state index is 15.2. The minimum Gasteiger partial charge on any atom is -0.480 e. The van der Waals surface area contributed by atoms with Gasteiger partial charge in [0, 0.05) is 60.6 Å². The monoisotopic (exact) mass is 690 g/mol. The highest BCUT2D eigenvalue weighted by atomic mass is 35.5. The van der Waals surface area contributed by atoms with Crippen molar-refractivity contribution in [2.24, 2.45) is 27.2 Å². The predicted octanol–water partition coefficient (Wildman–Crippen LogP) is 2.94. The van der Waals surface area contributed by atoms with E-state index in [0.717, 1.165) is 41.8 Å². The first-order chi connectivity index (χ1) is 23.6. The summed E-state index contributed by atoms with van der Waals surface area (Å²) in [5.41, 5.74) is 21.8. The van der Waals surface area contributed by atoms with Gasteiger partial charge in [-0.05, 0) is 86.2 Å². The first kappa shape index (κ1) is 35.6. The van der Waals surface area contributed by atoms with Gasteiger partial charge in [-0.1, -0.05) is 23.7 Å². The maximum absolute atomic E-state index is 15.2. The fraction of sp³-hybridized carbons (Fsp3) is 0.343. The molecular formula is C35H44ClFN10O2. The van der Waals surface area contributed by atoms with Crippen LogP contribution in [0.2, 0.25) is 5.02 Å². The van der Waals surface area contributed by atoms with Crippen molar-refractivity contribution in [3.8, 4) is 17.1 Å². The fourth-order valence-electron chi connectivity index (χ4n) is 5.62. The van der Waals surface area contributed by atoms with Crippen LogP contribution < -0.4 is 48.2 Å². The third-order valence-corrected chi connectivity index (χ3v) is 8.48. The van der Waals surface area contributed by atoms with Crippen molar-refractivity contribution in [2.75, 3.05) is 30.4 Å². The number of halogens is 2. The third-order valence-electron chi connectivity index (χ3n) is 8.21. The number of guanidine groups is 1. The van der Waals surface area contributed by atoms with Gasteiger partial charge in [0.2, 0.25) is 12.2 Å². The van der Waals surface area contributed by atoms with Gasteiger partial charge in [-0.2, -0.15) is 0 Å². The Morgan fingerprint density at radius 2 is 1.96 bits per heavy atom. The van der Waals surface area contributed by atoms with E-state index in [0.29, 0.717) is 53.9 Å².